The monoisotopic (exact) mass is 342 g/mol. The highest BCUT2D eigenvalue weighted by Gasteiger charge is 2.11. The molecule has 23 heavy (non-hydrogen) atoms. The average molecular weight is 343 g/mol. The molecule has 0 radical (unpaired) electrons. The standard InChI is InChI=1S/C17H11ClN2O2S/c18-14-4-2-1-3-13(14)15-10-23-17(19-15)20-16(22)12-7-5-11(9-21)6-8-12/h1-10H,(H,19,20,22). The van der Waals surface area contributed by atoms with Crippen molar-refractivity contribution >= 4 is 40.3 Å². The minimum atomic E-state index is -0.275. The van der Waals surface area contributed by atoms with Gasteiger partial charge >= 0.3 is 0 Å². The Morgan fingerprint density at radius 1 is 1.13 bits per heavy atom. The Labute approximate surface area is 141 Å². The van der Waals surface area contributed by atoms with E-state index in [1.807, 2.05) is 23.6 Å². The van der Waals surface area contributed by atoms with Crippen LogP contribution in [-0.2, 0) is 0 Å². The van der Waals surface area contributed by atoms with Gasteiger partial charge in [-0.15, -0.1) is 11.3 Å². The number of benzene rings is 2. The van der Waals surface area contributed by atoms with Crippen LogP contribution in [0.2, 0.25) is 5.02 Å². The van der Waals surface area contributed by atoms with Gasteiger partial charge in [0.1, 0.15) is 6.29 Å². The molecule has 114 valence electrons. The van der Waals surface area contributed by atoms with Crippen molar-refractivity contribution in [3.05, 3.63) is 70.1 Å². The van der Waals surface area contributed by atoms with E-state index in [0.717, 1.165) is 11.8 Å². The molecule has 0 unspecified atom stereocenters. The molecule has 0 bridgehead atoms. The summed E-state index contributed by atoms with van der Waals surface area (Å²) in [7, 11) is 0. The third kappa shape index (κ3) is 3.47. The number of carbonyl (C=O) groups is 2. The van der Waals surface area contributed by atoms with Crippen molar-refractivity contribution in [1.82, 2.24) is 4.98 Å². The van der Waals surface area contributed by atoms with Crippen LogP contribution in [0.3, 0.4) is 0 Å². The highest BCUT2D eigenvalue weighted by molar-refractivity contribution is 7.14. The zero-order valence-electron chi connectivity index (χ0n) is 11.8. The van der Waals surface area contributed by atoms with Gasteiger partial charge in [0.15, 0.2) is 5.13 Å². The van der Waals surface area contributed by atoms with Crippen LogP contribution in [0.15, 0.2) is 53.9 Å². The molecule has 3 aromatic rings. The summed E-state index contributed by atoms with van der Waals surface area (Å²) >= 11 is 7.47. The van der Waals surface area contributed by atoms with Gasteiger partial charge < -0.3 is 0 Å². The number of nitrogens with zero attached hydrogens (tertiary/aromatic N) is 1. The van der Waals surface area contributed by atoms with Gasteiger partial charge in [0.25, 0.3) is 5.91 Å². The first kappa shape index (κ1) is 15.4. The van der Waals surface area contributed by atoms with E-state index in [0.29, 0.717) is 27.0 Å². The number of rotatable bonds is 4. The van der Waals surface area contributed by atoms with Crippen molar-refractivity contribution in [2.45, 2.75) is 0 Å². The van der Waals surface area contributed by atoms with Crippen LogP contribution >= 0.6 is 22.9 Å². The van der Waals surface area contributed by atoms with Crippen molar-refractivity contribution in [2.75, 3.05) is 5.32 Å². The first-order valence-electron chi connectivity index (χ1n) is 6.74. The number of halogens is 1. The molecular formula is C17H11ClN2O2S. The van der Waals surface area contributed by atoms with E-state index in [1.165, 1.54) is 11.3 Å². The zero-order valence-corrected chi connectivity index (χ0v) is 13.4. The molecule has 3 rings (SSSR count). The predicted octanol–water partition coefficient (Wildman–Crippen LogP) is 4.53. The summed E-state index contributed by atoms with van der Waals surface area (Å²) in [4.78, 5) is 27.2. The molecule has 0 aliphatic carbocycles. The fraction of sp³-hybridized carbons (Fsp3) is 0. The van der Waals surface area contributed by atoms with Crippen molar-refractivity contribution < 1.29 is 9.59 Å². The van der Waals surface area contributed by atoms with Gasteiger partial charge in [-0.2, -0.15) is 0 Å². The maximum atomic E-state index is 12.2. The molecule has 0 saturated heterocycles. The lowest BCUT2D eigenvalue weighted by atomic mass is 10.1. The molecule has 0 atom stereocenters. The van der Waals surface area contributed by atoms with E-state index in [4.69, 9.17) is 11.6 Å². The Morgan fingerprint density at radius 2 is 1.87 bits per heavy atom. The Bertz CT molecular complexity index is 859. The first-order chi connectivity index (χ1) is 11.2. The van der Waals surface area contributed by atoms with Gasteiger partial charge in [-0.05, 0) is 18.2 Å². The molecule has 1 heterocycles. The first-order valence-corrected chi connectivity index (χ1v) is 8.00. The number of carbonyl (C=O) groups excluding carboxylic acids is 2. The fourth-order valence-corrected chi connectivity index (χ4v) is 2.94. The summed E-state index contributed by atoms with van der Waals surface area (Å²) in [6.07, 6.45) is 0.735. The van der Waals surface area contributed by atoms with Gasteiger partial charge in [-0.1, -0.05) is 41.9 Å². The normalized spacial score (nSPS) is 10.3. The molecule has 0 spiro atoms. The molecule has 6 heteroatoms. The van der Waals surface area contributed by atoms with Gasteiger partial charge in [-0.25, -0.2) is 4.98 Å². The number of aldehydes is 1. The van der Waals surface area contributed by atoms with Crippen LogP contribution in [0.5, 0.6) is 0 Å². The summed E-state index contributed by atoms with van der Waals surface area (Å²) in [6.45, 7) is 0. The number of nitrogens with one attached hydrogen (secondary N) is 1. The van der Waals surface area contributed by atoms with Crippen LogP contribution < -0.4 is 5.32 Å². The second kappa shape index (κ2) is 6.73. The number of thiazole rings is 1. The number of anilines is 1. The van der Waals surface area contributed by atoms with Crippen molar-refractivity contribution in [3.8, 4) is 11.3 Å². The number of aromatic nitrogens is 1. The SMILES string of the molecule is O=Cc1ccc(C(=O)Nc2nc(-c3ccccc3Cl)cs2)cc1. The van der Waals surface area contributed by atoms with Crippen LogP contribution in [-0.4, -0.2) is 17.2 Å². The molecule has 0 saturated carbocycles. The Kier molecular flexibility index (Phi) is 4.50. The molecule has 1 aromatic heterocycles. The largest absolute Gasteiger partial charge is 0.298 e. The van der Waals surface area contributed by atoms with Crippen LogP contribution in [0, 0.1) is 0 Å². The highest BCUT2D eigenvalue weighted by atomic mass is 35.5. The minimum Gasteiger partial charge on any atom is -0.298 e. The summed E-state index contributed by atoms with van der Waals surface area (Å²) < 4.78 is 0. The topological polar surface area (TPSA) is 59.1 Å². The van der Waals surface area contributed by atoms with Gasteiger partial charge in [-0.3, -0.25) is 14.9 Å². The molecule has 1 N–H and O–H groups in total. The van der Waals surface area contributed by atoms with E-state index in [1.54, 1.807) is 30.3 Å². The lowest BCUT2D eigenvalue weighted by molar-refractivity contribution is 0.102. The molecule has 0 fully saturated rings. The van der Waals surface area contributed by atoms with Crippen LogP contribution in [0.25, 0.3) is 11.3 Å². The zero-order chi connectivity index (χ0) is 16.2. The quantitative estimate of drug-likeness (QED) is 0.709. The van der Waals surface area contributed by atoms with E-state index in [-0.39, 0.29) is 5.91 Å². The van der Waals surface area contributed by atoms with Gasteiger partial charge in [0, 0.05) is 27.1 Å². The molecule has 2 aromatic carbocycles. The number of hydrogen-bond acceptors (Lipinski definition) is 4. The second-order valence-electron chi connectivity index (χ2n) is 4.71. The number of amides is 1. The predicted molar refractivity (Wildman–Crippen MR) is 92.3 cm³/mol. The number of hydrogen-bond donors (Lipinski definition) is 1. The molecule has 1 amide bonds. The van der Waals surface area contributed by atoms with E-state index < -0.39 is 0 Å². The van der Waals surface area contributed by atoms with Gasteiger partial charge in [0.05, 0.1) is 5.69 Å². The van der Waals surface area contributed by atoms with E-state index in [9.17, 15) is 9.59 Å². The lowest BCUT2D eigenvalue weighted by Gasteiger charge is -2.02. The maximum Gasteiger partial charge on any atom is 0.257 e. The van der Waals surface area contributed by atoms with E-state index in [2.05, 4.69) is 10.3 Å². The highest BCUT2D eigenvalue weighted by Crippen LogP contribution is 2.30. The van der Waals surface area contributed by atoms with Crippen molar-refractivity contribution in [3.63, 3.8) is 0 Å². The molecule has 0 aliphatic heterocycles. The third-order valence-electron chi connectivity index (χ3n) is 3.18. The van der Waals surface area contributed by atoms with Crippen LogP contribution in [0.1, 0.15) is 20.7 Å². The molecule has 0 aliphatic rings. The smallest absolute Gasteiger partial charge is 0.257 e. The molecule has 4 nitrogen and oxygen atoms in total. The van der Waals surface area contributed by atoms with Crippen molar-refractivity contribution in [2.24, 2.45) is 0 Å². The minimum absolute atomic E-state index is 0.275. The Morgan fingerprint density at radius 3 is 2.57 bits per heavy atom. The molecular weight excluding hydrogens is 332 g/mol. The summed E-state index contributed by atoms with van der Waals surface area (Å²) in [6, 6.07) is 13.8. The summed E-state index contributed by atoms with van der Waals surface area (Å²) in [5, 5.41) is 5.68. The maximum absolute atomic E-state index is 12.2. The van der Waals surface area contributed by atoms with Crippen molar-refractivity contribution in [1.29, 1.82) is 0 Å². The second-order valence-corrected chi connectivity index (χ2v) is 5.98. The third-order valence-corrected chi connectivity index (χ3v) is 4.27. The Balaban J connectivity index is 1.77. The summed E-state index contributed by atoms with van der Waals surface area (Å²) in [5.74, 6) is -0.275. The van der Waals surface area contributed by atoms with Gasteiger partial charge in [0.2, 0.25) is 0 Å². The average Bonchev–Trinajstić information content (AvgIpc) is 3.03. The van der Waals surface area contributed by atoms with E-state index >= 15 is 0 Å². The van der Waals surface area contributed by atoms with Crippen LogP contribution in [0.4, 0.5) is 5.13 Å². The fourth-order valence-electron chi connectivity index (χ4n) is 2.01. The summed E-state index contributed by atoms with van der Waals surface area (Å²) in [5.41, 5.74) is 2.52. The lowest BCUT2D eigenvalue weighted by Crippen LogP contribution is -2.11. The Hall–Kier alpha value is -2.50.